The van der Waals surface area contributed by atoms with Gasteiger partial charge in [0.2, 0.25) is 0 Å². The van der Waals surface area contributed by atoms with Crippen molar-refractivity contribution in [1.29, 1.82) is 0 Å². The maximum Gasteiger partial charge on any atom is 0.253 e. The van der Waals surface area contributed by atoms with Gasteiger partial charge in [-0.3, -0.25) is 4.79 Å². The van der Waals surface area contributed by atoms with Crippen molar-refractivity contribution in [2.75, 3.05) is 5.73 Å². The largest absolute Gasteiger partial charge is 0.384 e. The van der Waals surface area contributed by atoms with Crippen LogP contribution in [0.3, 0.4) is 0 Å². The lowest BCUT2D eigenvalue weighted by molar-refractivity contribution is 0.0950. The zero-order valence-corrected chi connectivity index (χ0v) is 10.9. The van der Waals surface area contributed by atoms with Crippen LogP contribution in [0.4, 0.5) is 14.6 Å². The van der Waals surface area contributed by atoms with Crippen LogP contribution < -0.4 is 11.1 Å². The van der Waals surface area contributed by atoms with E-state index in [1.807, 2.05) is 0 Å². The van der Waals surface area contributed by atoms with Gasteiger partial charge in [0.25, 0.3) is 5.91 Å². The first-order valence-electron chi connectivity index (χ1n) is 5.60. The van der Waals surface area contributed by atoms with Gasteiger partial charge in [-0.1, -0.05) is 11.6 Å². The van der Waals surface area contributed by atoms with Gasteiger partial charge in [0.05, 0.1) is 10.6 Å². The van der Waals surface area contributed by atoms with Gasteiger partial charge in [-0.25, -0.2) is 13.8 Å². The molecule has 104 valence electrons. The minimum atomic E-state index is -0.605. The number of nitrogens with zero attached hydrogens (tertiary/aromatic N) is 1. The first-order valence-corrected chi connectivity index (χ1v) is 5.98. The number of pyridine rings is 1. The van der Waals surface area contributed by atoms with Crippen LogP contribution in [0.15, 0.2) is 30.5 Å². The molecule has 7 heteroatoms. The van der Waals surface area contributed by atoms with Crippen LogP contribution in [0.1, 0.15) is 15.9 Å². The van der Waals surface area contributed by atoms with E-state index in [-0.39, 0.29) is 28.5 Å². The first kappa shape index (κ1) is 14.2. The summed E-state index contributed by atoms with van der Waals surface area (Å²) >= 11 is 5.82. The molecule has 4 nitrogen and oxygen atoms in total. The number of carbonyl (C=O) groups excluding carboxylic acids is 1. The monoisotopic (exact) mass is 297 g/mol. The van der Waals surface area contributed by atoms with Gasteiger partial charge in [0.1, 0.15) is 17.5 Å². The van der Waals surface area contributed by atoms with E-state index in [2.05, 4.69) is 10.3 Å². The van der Waals surface area contributed by atoms with Crippen LogP contribution in [-0.2, 0) is 6.54 Å². The number of halogens is 3. The predicted molar refractivity (Wildman–Crippen MR) is 71.2 cm³/mol. The lowest BCUT2D eigenvalue weighted by atomic mass is 10.2. The molecule has 20 heavy (non-hydrogen) atoms. The third-order valence-corrected chi connectivity index (χ3v) is 2.87. The molecule has 0 fully saturated rings. The van der Waals surface area contributed by atoms with Gasteiger partial charge in [0.15, 0.2) is 0 Å². The zero-order chi connectivity index (χ0) is 14.7. The molecule has 0 saturated heterocycles. The Hall–Kier alpha value is -2.21. The van der Waals surface area contributed by atoms with E-state index in [9.17, 15) is 13.6 Å². The Morgan fingerprint density at radius 2 is 2.10 bits per heavy atom. The van der Waals surface area contributed by atoms with Gasteiger partial charge in [-0.2, -0.15) is 0 Å². The van der Waals surface area contributed by atoms with Crippen LogP contribution in [-0.4, -0.2) is 10.9 Å². The lowest BCUT2D eigenvalue weighted by Crippen LogP contribution is -2.24. The van der Waals surface area contributed by atoms with Crippen molar-refractivity contribution < 1.29 is 13.6 Å². The molecule has 0 spiro atoms. The summed E-state index contributed by atoms with van der Waals surface area (Å²) in [5.41, 5.74) is 5.62. The minimum Gasteiger partial charge on any atom is -0.384 e. The Bertz CT molecular complexity index is 664. The first-order chi connectivity index (χ1) is 9.47. The number of nitrogens with two attached hydrogens (primary N) is 1. The molecule has 1 amide bonds. The Labute approximate surface area is 118 Å². The van der Waals surface area contributed by atoms with Crippen LogP contribution in [0, 0.1) is 11.6 Å². The summed E-state index contributed by atoms with van der Waals surface area (Å²) in [6, 6.07) is 4.31. The van der Waals surface area contributed by atoms with E-state index in [4.69, 9.17) is 17.3 Å². The molecule has 0 aliphatic heterocycles. The van der Waals surface area contributed by atoms with Gasteiger partial charge in [-0.05, 0) is 24.3 Å². The average Bonchev–Trinajstić information content (AvgIpc) is 2.42. The zero-order valence-electron chi connectivity index (χ0n) is 10.2. The summed E-state index contributed by atoms with van der Waals surface area (Å²) in [6.45, 7) is -0.166. The Morgan fingerprint density at radius 1 is 1.35 bits per heavy atom. The molecule has 0 saturated carbocycles. The number of nitrogens with one attached hydrogen (secondary N) is 1. The molecule has 0 radical (unpaired) electrons. The van der Waals surface area contributed by atoms with Crippen LogP contribution in [0.2, 0.25) is 5.02 Å². The summed E-state index contributed by atoms with van der Waals surface area (Å²) in [7, 11) is 0. The third-order valence-electron chi connectivity index (χ3n) is 2.57. The number of aromatic nitrogens is 1. The molecule has 3 N–H and O–H groups in total. The Kier molecular flexibility index (Phi) is 4.14. The highest BCUT2D eigenvalue weighted by Gasteiger charge is 2.12. The molecular formula is C13H10ClF2N3O. The second-order valence-corrected chi connectivity index (χ2v) is 4.41. The number of hydrogen-bond donors (Lipinski definition) is 2. The summed E-state index contributed by atoms with van der Waals surface area (Å²) in [6.07, 6.45) is 1.24. The Morgan fingerprint density at radius 3 is 2.85 bits per heavy atom. The highest BCUT2D eigenvalue weighted by Crippen LogP contribution is 2.17. The number of hydrogen-bond acceptors (Lipinski definition) is 3. The van der Waals surface area contributed by atoms with E-state index < -0.39 is 17.5 Å². The molecule has 1 aromatic heterocycles. The van der Waals surface area contributed by atoms with Crippen molar-refractivity contribution in [3.05, 3.63) is 58.2 Å². The normalized spacial score (nSPS) is 10.3. The van der Waals surface area contributed by atoms with Crippen molar-refractivity contribution in [2.45, 2.75) is 6.54 Å². The second-order valence-electron chi connectivity index (χ2n) is 4.01. The smallest absolute Gasteiger partial charge is 0.253 e. The van der Waals surface area contributed by atoms with Crippen LogP contribution in [0.5, 0.6) is 0 Å². The van der Waals surface area contributed by atoms with Crippen molar-refractivity contribution >= 4 is 23.3 Å². The lowest BCUT2D eigenvalue weighted by Gasteiger charge is -2.08. The highest BCUT2D eigenvalue weighted by atomic mass is 35.5. The molecule has 0 unspecified atom stereocenters. The molecule has 0 atom stereocenters. The van der Waals surface area contributed by atoms with Gasteiger partial charge in [-0.15, -0.1) is 0 Å². The fourth-order valence-electron chi connectivity index (χ4n) is 1.58. The molecular weight excluding hydrogens is 288 g/mol. The van der Waals surface area contributed by atoms with E-state index in [1.54, 1.807) is 0 Å². The van der Waals surface area contributed by atoms with Crippen molar-refractivity contribution in [3.8, 4) is 0 Å². The molecule has 0 aliphatic carbocycles. The average molecular weight is 298 g/mol. The third kappa shape index (κ3) is 3.21. The molecule has 1 heterocycles. The fraction of sp³-hybridized carbons (Fsp3) is 0.0769. The molecule has 0 aliphatic rings. The van der Waals surface area contributed by atoms with E-state index in [0.717, 1.165) is 18.2 Å². The van der Waals surface area contributed by atoms with Gasteiger partial charge < -0.3 is 11.1 Å². The van der Waals surface area contributed by atoms with E-state index in [0.29, 0.717) is 0 Å². The molecule has 0 bridgehead atoms. The topological polar surface area (TPSA) is 68.0 Å². The summed E-state index contributed by atoms with van der Waals surface area (Å²) in [5.74, 6) is -1.60. The van der Waals surface area contributed by atoms with Crippen molar-refractivity contribution in [1.82, 2.24) is 10.3 Å². The molecule has 2 rings (SSSR count). The van der Waals surface area contributed by atoms with Crippen molar-refractivity contribution in [2.24, 2.45) is 0 Å². The number of rotatable bonds is 3. The van der Waals surface area contributed by atoms with Crippen LogP contribution >= 0.6 is 11.6 Å². The summed E-state index contributed by atoms with van der Waals surface area (Å²) in [5, 5.41) is 2.56. The summed E-state index contributed by atoms with van der Waals surface area (Å²) < 4.78 is 26.4. The van der Waals surface area contributed by atoms with Crippen LogP contribution in [0.25, 0.3) is 0 Å². The number of carbonyl (C=O) groups is 1. The fourth-order valence-corrected chi connectivity index (χ4v) is 1.77. The predicted octanol–water partition coefficient (Wildman–Crippen LogP) is 2.53. The summed E-state index contributed by atoms with van der Waals surface area (Å²) in [4.78, 5) is 15.6. The van der Waals surface area contributed by atoms with Crippen molar-refractivity contribution in [3.63, 3.8) is 0 Å². The Balaban J connectivity index is 2.12. The van der Waals surface area contributed by atoms with Gasteiger partial charge in [0, 0.05) is 18.3 Å². The van der Waals surface area contributed by atoms with E-state index >= 15 is 0 Å². The number of anilines is 1. The number of benzene rings is 1. The highest BCUT2D eigenvalue weighted by molar-refractivity contribution is 6.33. The maximum atomic E-state index is 13.4. The quantitative estimate of drug-likeness (QED) is 0.915. The van der Waals surface area contributed by atoms with Gasteiger partial charge >= 0.3 is 0 Å². The minimum absolute atomic E-state index is 0.0384. The molecule has 2 aromatic rings. The maximum absolute atomic E-state index is 13.4. The standard InChI is InChI=1S/C13H10ClF2N3O/c14-10-6-18-12(17)4-9(10)13(20)19-5-7-3-8(15)1-2-11(7)16/h1-4,6H,5H2,(H2,17,18)(H,19,20). The molecule has 1 aromatic carbocycles. The second kappa shape index (κ2) is 5.83. The number of nitrogen functional groups attached to an aromatic ring is 1. The number of amides is 1. The van der Waals surface area contributed by atoms with E-state index in [1.165, 1.54) is 12.3 Å². The SMILES string of the molecule is Nc1cc(C(=O)NCc2cc(F)ccc2F)c(Cl)cn1.